The lowest BCUT2D eigenvalue weighted by Crippen LogP contribution is -2.45. The van der Waals surface area contributed by atoms with E-state index in [1.54, 1.807) is 23.9 Å². The molecule has 0 saturated carbocycles. The Morgan fingerprint density at radius 3 is 2.45 bits per heavy atom. The Balaban J connectivity index is 1.27. The quantitative estimate of drug-likeness (QED) is 0.349. The van der Waals surface area contributed by atoms with Crippen molar-refractivity contribution in [3.63, 3.8) is 0 Å². The first-order valence-corrected chi connectivity index (χ1v) is 11.7. The van der Waals surface area contributed by atoms with Crippen LogP contribution in [0.15, 0.2) is 64.6 Å². The summed E-state index contributed by atoms with van der Waals surface area (Å²) < 4.78 is 0. The number of benzene rings is 2. The smallest absolute Gasteiger partial charge is 0.269 e. The van der Waals surface area contributed by atoms with E-state index in [9.17, 15) is 9.59 Å². The molecule has 31 heavy (non-hydrogen) atoms. The predicted octanol–water partition coefficient (Wildman–Crippen LogP) is 3.86. The van der Waals surface area contributed by atoms with Gasteiger partial charge in [0.25, 0.3) is 11.8 Å². The van der Waals surface area contributed by atoms with Gasteiger partial charge in [0.05, 0.1) is 5.25 Å². The first-order valence-electron chi connectivity index (χ1n) is 9.87. The summed E-state index contributed by atoms with van der Waals surface area (Å²) >= 11 is 3.08. The van der Waals surface area contributed by atoms with E-state index in [0.29, 0.717) is 17.7 Å². The maximum Gasteiger partial charge on any atom is 0.269 e. The van der Waals surface area contributed by atoms with Gasteiger partial charge in [-0.2, -0.15) is 0 Å². The molecule has 2 heterocycles. The Morgan fingerprint density at radius 1 is 1.03 bits per heavy atom. The number of carbonyl (C=O) groups excluding carboxylic acids is 2. The second-order valence-corrected chi connectivity index (χ2v) is 9.47. The van der Waals surface area contributed by atoms with E-state index in [2.05, 4.69) is 20.8 Å². The average molecular weight is 451 g/mol. The van der Waals surface area contributed by atoms with Gasteiger partial charge in [0.2, 0.25) is 0 Å². The highest BCUT2D eigenvalue weighted by molar-refractivity contribution is 8.01. The van der Waals surface area contributed by atoms with Crippen LogP contribution in [0.5, 0.6) is 0 Å². The van der Waals surface area contributed by atoms with Gasteiger partial charge in [0, 0.05) is 27.6 Å². The molecule has 0 spiro atoms. The van der Waals surface area contributed by atoms with Crippen molar-refractivity contribution in [3.8, 4) is 0 Å². The van der Waals surface area contributed by atoms with Crippen molar-refractivity contribution in [1.29, 1.82) is 0 Å². The molecule has 2 amide bonds. The molecule has 0 saturated heterocycles. The highest BCUT2D eigenvalue weighted by Crippen LogP contribution is 2.36. The number of nitrogens with zero attached hydrogens (tertiary/aromatic N) is 2. The first-order chi connectivity index (χ1) is 15.0. The summed E-state index contributed by atoms with van der Waals surface area (Å²) in [5.41, 5.74) is 9.67. The third-order valence-electron chi connectivity index (χ3n) is 4.78. The maximum atomic E-state index is 12.4. The highest BCUT2D eigenvalue weighted by atomic mass is 32.2. The van der Waals surface area contributed by atoms with Crippen LogP contribution >= 0.6 is 23.5 Å². The molecule has 8 heteroatoms. The molecule has 4 rings (SSSR count). The van der Waals surface area contributed by atoms with E-state index in [0.717, 1.165) is 27.0 Å². The van der Waals surface area contributed by atoms with Crippen LogP contribution < -0.4 is 10.9 Å². The molecule has 0 fully saturated rings. The van der Waals surface area contributed by atoms with E-state index in [-0.39, 0.29) is 17.1 Å². The summed E-state index contributed by atoms with van der Waals surface area (Å²) in [6, 6.07) is 17.2. The fourth-order valence-corrected chi connectivity index (χ4v) is 5.36. The number of fused-ring (bicyclic) bond motifs is 1. The maximum absolute atomic E-state index is 12.4. The van der Waals surface area contributed by atoms with Crippen molar-refractivity contribution in [2.45, 2.75) is 41.3 Å². The molecule has 0 bridgehead atoms. The van der Waals surface area contributed by atoms with Crippen LogP contribution in [0.2, 0.25) is 0 Å². The summed E-state index contributed by atoms with van der Waals surface area (Å²) in [6.07, 6.45) is 0.666. The average Bonchev–Trinajstić information content (AvgIpc) is 3.20. The predicted molar refractivity (Wildman–Crippen MR) is 123 cm³/mol. The minimum atomic E-state index is -0.342. The van der Waals surface area contributed by atoms with Crippen LogP contribution in [0.1, 0.15) is 32.9 Å². The van der Waals surface area contributed by atoms with Gasteiger partial charge in [-0.15, -0.1) is 11.8 Å². The third-order valence-corrected chi connectivity index (χ3v) is 7.02. The fraction of sp³-hybridized carbons (Fsp3) is 0.217. The number of thioether (sulfide) groups is 2. The van der Waals surface area contributed by atoms with Crippen LogP contribution in [-0.2, 0) is 17.0 Å². The van der Waals surface area contributed by atoms with Gasteiger partial charge < -0.3 is 0 Å². The zero-order chi connectivity index (χ0) is 21.8. The number of rotatable bonds is 5. The molecule has 2 N–H and O–H groups in total. The molecule has 1 aliphatic heterocycles. The number of hydrazine groups is 1. The van der Waals surface area contributed by atoms with Crippen molar-refractivity contribution in [2.24, 2.45) is 0 Å². The molecule has 158 valence electrons. The molecule has 1 atom stereocenters. The number of carbonyl (C=O) groups is 2. The second kappa shape index (κ2) is 9.53. The number of hydrogen-bond acceptors (Lipinski definition) is 6. The van der Waals surface area contributed by atoms with Crippen LogP contribution in [0.4, 0.5) is 0 Å². The molecule has 0 aliphatic carbocycles. The normalized spacial score (nSPS) is 14.7. The van der Waals surface area contributed by atoms with E-state index < -0.39 is 0 Å². The molecule has 1 unspecified atom stereocenters. The van der Waals surface area contributed by atoms with Gasteiger partial charge in [-0.1, -0.05) is 42.1 Å². The summed E-state index contributed by atoms with van der Waals surface area (Å²) in [7, 11) is 0. The van der Waals surface area contributed by atoms with E-state index in [1.165, 1.54) is 17.3 Å². The fourth-order valence-electron chi connectivity index (χ4n) is 3.26. The standard InChI is InChI=1S/C23H22N4O2S2/c1-14-11-15(2)25-23(24-14)30-13-16-7-9-17(10-8-16)21(28)26-27-22(29)20-12-18-5-3-4-6-19(18)31-20/h3-11,20H,12-13H2,1-2H3,(H,26,28)(H,27,29). The Hall–Kier alpha value is -2.84. The molecule has 1 aliphatic rings. The van der Waals surface area contributed by atoms with Gasteiger partial charge in [-0.3, -0.25) is 20.4 Å². The molecule has 3 aromatic rings. The third kappa shape index (κ3) is 5.45. The van der Waals surface area contributed by atoms with Gasteiger partial charge in [-0.05, 0) is 55.7 Å². The minimum absolute atomic E-state index is 0.198. The lowest BCUT2D eigenvalue weighted by molar-refractivity contribution is -0.121. The largest absolute Gasteiger partial charge is 0.272 e. The summed E-state index contributed by atoms with van der Waals surface area (Å²) in [5, 5.41) is 0.513. The summed E-state index contributed by atoms with van der Waals surface area (Å²) in [6.45, 7) is 3.91. The topological polar surface area (TPSA) is 84.0 Å². The van der Waals surface area contributed by atoms with E-state index in [4.69, 9.17) is 0 Å². The molecular weight excluding hydrogens is 428 g/mol. The zero-order valence-electron chi connectivity index (χ0n) is 17.2. The Kier molecular flexibility index (Phi) is 6.58. The molecule has 6 nitrogen and oxygen atoms in total. The van der Waals surface area contributed by atoms with Crippen LogP contribution in [0.25, 0.3) is 0 Å². The first kappa shape index (κ1) is 21.4. The van der Waals surface area contributed by atoms with Gasteiger partial charge >= 0.3 is 0 Å². The lowest BCUT2D eigenvalue weighted by atomic mass is 10.1. The lowest BCUT2D eigenvalue weighted by Gasteiger charge is -2.11. The zero-order valence-corrected chi connectivity index (χ0v) is 18.8. The number of hydrogen-bond donors (Lipinski definition) is 2. The van der Waals surface area contributed by atoms with E-state index in [1.807, 2.05) is 56.3 Å². The monoisotopic (exact) mass is 450 g/mol. The second-order valence-electron chi connectivity index (χ2n) is 7.28. The number of amides is 2. The van der Waals surface area contributed by atoms with E-state index >= 15 is 0 Å². The van der Waals surface area contributed by atoms with Crippen molar-refractivity contribution < 1.29 is 9.59 Å². The molecular formula is C23H22N4O2S2. The van der Waals surface area contributed by atoms with Crippen LogP contribution in [-0.4, -0.2) is 27.0 Å². The van der Waals surface area contributed by atoms with Crippen LogP contribution in [0, 0.1) is 13.8 Å². The number of nitrogens with one attached hydrogen (secondary N) is 2. The molecule has 1 aromatic heterocycles. The van der Waals surface area contributed by atoms with Gasteiger partial charge in [-0.25, -0.2) is 9.97 Å². The van der Waals surface area contributed by atoms with Gasteiger partial charge in [0.1, 0.15) is 0 Å². The van der Waals surface area contributed by atoms with Crippen LogP contribution in [0.3, 0.4) is 0 Å². The van der Waals surface area contributed by atoms with Crippen molar-refractivity contribution in [2.75, 3.05) is 0 Å². The Bertz CT molecular complexity index is 1070. The highest BCUT2D eigenvalue weighted by Gasteiger charge is 2.28. The van der Waals surface area contributed by atoms with Gasteiger partial charge in [0.15, 0.2) is 5.16 Å². The molecule has 0 radical (unpaired) electrons. The Labute approximate surface area is 189 Å². The number of aryl methyl sites for hydroxylation is 2. The van der Waals surface area contributed by atoms with Crippen molar-refractivity contribution >= 4 is 35.3 Å². The molecule has 2 aromatic carbocycles. The van der Waals surface area contributed by atoms with Crippen molar-refractivity contribution in [1.82, 2.24) is 20.8 Å². The SMILES string of the molecule is Cc1cc(C)nc(SCc2ccc(C(=O)NNC(=O)C3Cc4ccccc4S3)cc2)n1. The number of aromatic nitrogens is 2. The Morgan fingerprint density at radius 2 is 1.74 bits per heavy atom. The minimum Gasteiger partial charge on any atom is -0.272 e. The van der Waals surface area contributed by atoms with Crippen molar-refractivity contribution in [3.05, 3.63) is 82.7 Å². The summed E-state index contributed by atoms with van der Waals surface area (Å²) in [5.74, 6) is 0.169. The summed E-state index contributed by atoms with van der Waals surface area (Å²) in [4.78, 5) is 34.8.